The van der Waals surface area contributed by atoms with E-state index < -0.39 is 0 Å². The second kappa shape index (κ2) is 7.17. The highest BCUT2D eigenvalue weighted by Gasteiger charge is 2.14. The van der Waals surface area contributed by atoms with Crippen LogP contribution in [0.5, 0.6) is 0 Å². The van der Waals surface area contributed by atoms with E-state index in [-0.39, 0.29) is 11.6 Å². The first-order chi connectivity index (χ1) is 13.3. The summed E-state index contributed by atoms with van der Waals surface area (Å²) < 4.78 is 1.73. The Bertz CT molecular complexity index is 1120. The first-order valence-electron chi connectivity index (χ1n) is 8.31. The van der Waals surface area contributed by atoms with Crippen LogP contribution in [0.15, 0.2) is 67.4 Å². The van der Waals surface area contributed by atoms with E-state index in [1.165, 1.54) is 12.5 Å². The van der Waals surface area contributed by atoms with Crippen molar-refractivity contribution in [2.24, 2.45) is 0 Å². The molecule has 0 aliphatic rings. The number of carbonyl (C=O) groups is 2. The minimum atomic E-state index is -0.297. The normalized spacial score (nSPS) is 10.7. The lowest BCUT2D eigenvalue weighted by molar-refractivity contribution is 0.102. The van der Waals surface area contributed by atoms with Gasteiger partial charge in [-0.15, -0.1) is 0 Å². The number of aromatic nitrogens is 4. The van der Waals surface area contributed by atoms with Gasteiger partial charge in [-0.3, -0.25) is 14.6 Å². The van der Waals surface area contributed by atoms with E-state index in [1.54, 1.807) is 29.2 Å². The fraction of sp³-hybridized carbons (Fsp3) is 0.0500. The van der Waals surface area contributed by atoms with Gasteiger partial charge in [-0.2, -0.15) is 5.10 Å². The van der Waals surface area contributed by atoms with Gasteiger partial charge in [0.2, 0.25) is 0 Å². The summed E-state index contributed by atoms with van der Waals surface area (Å²) in [6, 6.07) is 14.7. The number of nitrogens with zero attached hydrogens (tertiary/aromatic N) is 4. The van der Waals surface area contributed by atoms with Crippen LogP contribution in [0.2, 0.25) is 0 Å². The SMILES string of the molecule is O=Cc1ncccc1NC(=O)c1ccc(Cn2cncn2)c2ccccc12. The predicted octanol–water partition coefficient (Wildman–Crippen LogP) is 2.94. The molecule has 0 aliphatic carbocycles. The summed E-state index contributed by atoms with van der Waals surface area (Å²) >= 11 is 0. The van der Waals surface area contributed by atoms with Crippen molar-refractivity contribution in [2.45, 2.75) is 6.54 Å². The number of amides is 1. The van der Waals surface area contributed by atoms with Crippen LogP contribution in [-0.2, 0) is 6.54 Å². The maximum Gasteiger partial charge on any atom is 0.256 e. The molecule has 1 N–H and O–H groups in total. The summed E-state index contributed by atoms with van der Waals surface area (Å²) in [4.78, 5) is 31.9. The standard InChI is InChI=1S/C20H15N5O2/c26-11-19-18(6-3-9-22-19)24-20(27)17-8-7-14(10-25-13-21-12-23-25)15-4-1-2-5-16(15)17/h1-9,11-13H,10H2,(H,24,27). The van der Waals surface area contributed by atoms with Gasteiger partial charge in [0.1, 0.15) is 18.3 Å². The Hall–Kier alpha value is -3.87. The molecule has 2 heterocycles. The van der Waals surface area contributed by atoms with Gasteiger partial charge in [-0.25, -0.2) is 9.67 Å². The number of fused-ring (bicyclic) bond motifs is 1. The summed E-state index contributed by atoms with van der Waals surface area (Å²) in [7, 11) is 0. The topological polar surface area (TPSA) is 89.8 Å². The average molecular weight is 357 g/mol. The Morgan fingerprint density at radius 1 is 1.07 bits per heavy atom. The molecular weight excluding hydrogens is 342 g/mol. The van der Waals surface area contributed by atoms with Gasteiger partial charge in [0.05, 0.1) is 12.2 Å². The number of anilines is 1. The zero-order valence-electron chi connectivity index (χ0n) is 14.2. The Labute approximate surface area is 154 Å². The number of hydrogen-bond acceptors (Lipinski definition) is 5. The molecule has 0 atom stereocenters. The van der Waals surface area contributed by atoms with Gasteiger partial charge < -0.3 is 5.32 Å². The van der Waals surface area contributed by atoms with Crippen molar-refractivity contribution < 1.29 is 9.59 Å². The number of benzene rings is 2. The van der Waals surface area contributed by atoms with E-state index >= 15 is 0 Å². The second-order valence-electron chi connectivity index (χ2n) is 5.92. The third-order valence-electron chi connectivity index (χ3n) is 4.26. The highest BCUT2D eigenvalue weighted by Crippen LogP contribution is 2.24. The van der Waals surface area contributed by atoms with Crippen molar-refractivity contribution in [2.75, 3.05) is 5.32 Å². The summed E-state index contributed by atoms with van der Waals surface area (Å²) in [6.45, 7) is 0.556. The molecule has 0 bridgehead atoms. The Morgan fingerprint density at radius 2 is 1.93 bits per heavy atom. The largest absolute Gasteiger partial charge is 0.320 e. The maximum atomic E-state index is 12.8. The Balaban J connectivity index is 1.72. The zero-order valence-corrected chi connectivity index (χ0v) is 14.2. The van der Waals surface area contributed by atoms with Gasteiger partial charge in [-0.05, 0) is 34.5 Å². The quantitative estimate of drug-likeness (QED) is 0.555. The number of nitrogens with one attached hydrogen (secondary N) is 1. The summed E-state index contributed by atoms with van der Waals surface area (Å²) in [5.74, 6) is -0.297. The summed E-state index contributed by atoms with van der Waals surface area (Å²) in [5.41, 5.74) is 2.13. The van der Waals surface area contributed by atoms with Crippen molar-refractivity contribution >= 4 is 28.7 Å². The maximum absolute atomic E-state index is 12.8. The van der Waals surface area contributed by atoms with Crippen molar-refractivity contribution in [3.63, 3.8) is 0 Å². The molecule has 0 fully saturated rings. The van der Waals surface area contributed by atoms with E-state index in [4.69, 9.17) is 0 Å². The van der Waals surface area contributed by atoms with Crippen LogP contribution < -0.4 is 5.32 Å². The highest BCUT2D eigenvalue weighted by molar-refractivity contribution is 6.14. The average Bonchev–Trinajstić information content (AvgIpc) is 3.22. The molecule has 4 rings (SSSR count). The van der Waals surface area contributed by atoms with Gasteiger partial charge in [0, 0.05) is 11.8 Å². The van der Waals surface area contributed by atoms with Crippen LogP contribution in [0.4, 0.5) is 5.69 Å². The van der Waals surface area contributed by atoms with Gasteiger partial charge in [-0.1, -0.05) is 30.3 Å². The molecule has 7 heteroatoms. The van der Waals surface area contributed by atoms with Crippen LogP contribution >= 0.6 is 0 Å². The third kappa shape index (κ3) is 3.30. The highest BCUT2D eigenvalue weighted by atomic mass is 16.1. The minimum absolute atomic E-state index is 0.193. The van der Waals surface area contributed by atoms with Gasteiger partial charge in [0.15, 0.2) is 6.29 Å². The van der Waals surface area contributed by atoms with Gasteiger partial charge in [0.25, 0.3) is 5.91 Å². The monoisotopic (exact) mass is 357 g/mol. The molecule has 27 heavy (non-hydrogen) atoms. The molecule has 0 saturated carbocycles. The molecule has 0 unspecified atom stereocenters. The fourth-order valence-corrected chi connectivity index (χ4v) is 2.99. The lowest BCUT2D eigenvalue weighted by atomic mass is 9.99. The fourth-order valence-electron chi connectivity index (χ4n) is 2.99. The van der Waals surface area contributed by atoms with Crippen molar-refractivity contribution in [3.05, 3.63) is 84.2 Å². The van der Waals surface area contributed by atoms with E-state index in [0.717, 1.165) is 16.3 Å². The van der Waals surface area contributed by atoms with Gasteiger partial charge >= 0.3 is 0 Å². The van der Waals surface area contributed by atoms with E-state index in [2.05, 4.69) is 20.4 Å². The molecule has 0 saturated heterocycles. The molecular formula is C20H15N5O2. The molecule has 7 nitrogen and oxygen atoms in total. The predicted molar refractivity (Wildman–Crippen MR) is 101 cm³/mol. The third-order valence-corrected chi connectivity index (χ3v) is 4.26. The molecule has 2 aromatic carbocycles. The number of aldehydes is 1. The molecule has 2 aromatic heterocycles. The number of pyridine rings is 1. The lowest BCUT2D eigenvalue weighted by Gasteiger charge is -2.12. The van der Waals surface area contributed by atoms with Crippen LogP contribution in [0.3, 0.4) is 0 Å². The van der Waals surface area contributed by atoms with Crippen LogP contribution in [0, 0.1) is 0 Å². The zero-order chi connectivity index (χ0) is 18.6. The van der Waals surface area contributed by atoms with E-state index in [0.29, 0.717) is 24.1 Å². The summed E-state index contributed by atoms with van der Waals surface area (Å²) in [5, 5.41) is 8.70. The molecule has 132 valence electrons. The van der Waals surface area contributed by atoms with E-state index in [1.807, 2.05) is 30.3 Å². The molecule has 4 aromatic rings. The molecule has 0 spiro atoms. The lowest BCUT2D eigenvalue weighted by Crippen LogP contribution is -2.14. The second-order valence-corrected chi connectivity index (χ2v) is 5.92. The van der Waals surface area contributed by atoms with Crippen molar-refractivity contribution in [3.8, 4) is 0 Å². The Morgan fingerprint density at radius 3 is 2.70 bits per heavy atom. The Kier molecular flexibility index (Phi) is 4.40. The molecule has 0 aliphatic heterocycles. The summed E-state index contributed by atoms with van der Waals surface area (Å²) in [6.07, 6.45) is 5.27. The van der Waals surface area contributed by atoms with Crippen molar-refractivity contribution in [1.82, 2.24) is 19.7 Å². The minimum Gasteiger partial charge on any atom is -0.320 e. The number of carbonyl (C=O) groups excluding carboxylic acids is 2. The van der Waals surface area contributed by atoms with Crippen LogP contribution in [0.25, 0.3) is 10.8 Å². The molecule has 1 amide bonds. The van der Waals surface area contributed by atoms with E-state index in [9.17, 15) is 9.59 Å². The smallest absolute Gasteiger partial charge is 0.256 e. The van der Waals surface area contributed by atoms with Crippen LogP contribution in [-0.4, -0.2) is 31.9 Å². The molecule has 0 radical (unpaired) electrons. The number of hydrogen-bond donors (Lipinski definition) is 1. The first-order valence-corrected chi connectivity index (χ1v) is 8.31. The number of rotatable bonds is 5. The van der Waals surface area contributed by atoms with Crippen LogP contribution in [0.1, 0.15) is 26.4 Å². The van der Waals surface area contributed by atoms with Crippen molar-refractivity contribution in [1.29, 1.82) is 0 Å². The first kappa shape index (κ1) is 16.6.